The van der Waals surface area contributed by atoms with Crippen LogP contribution in [0.15, 0.2) is 54.6 Å². The fraction of sp³-hybridized carbons (Fsp3) is 0.333. The lowest BCUT2D eigenvalue weighted by Gasteiger charge is -2.09. The van der Waals surface area contributed by atoms with Crippen molar-refractivity contribution in [2.75, 3.05) is 6.54 Å². The average molecular weight is 290 g/mol. The third-order valence-corrected chi connectivity index (χ3v) is 4.27. The average Bonchev–Trinajstić information content (AvgIpc) is 2.56. The normalized spacial score (nSPS) is 11.1. The summed E-state index contributed by atoms with van der Waals surface area (Å²) in [5.74, 6) is 0. The molecule has 0 saturated heterocycles. The molecule has 0 saturated carbocycles. The lowest BCUT2D eigenvalue weighted by Crippen LogP contribution is -2.00. The molecule has 3 aromatic rings. The van der Waals surface area contributed by atoms with Gasteiger partial charge >= 0.3 is 0 Å². The number of hydrogen-bond donors (Lipinski definition) is 0. The highest BCUT2D eigenvalue weighted by atomic mass is 14.9. The van der Waals surface area contributed by atoms with Gasteiger partial charge in [0.25, 0.3) is 0 Å². The summed E-state index contributed by atoms with van der Waals surface area (Å²) in [5, 5.41) is 9.99. The Bertz CT molecular complexity index is 745. The Labute approximate surface area is 133 Å². The smallest absolute Gasteiger partial charge is 0.0652 e. The quantitative estimate of drug-likeness (QED) is 0.363. The Kier molecular flexibility index (Phi) is 4.95. The van der Waals surface area contributed by atoms with Crippen LogP contribution in [0.25, 0.3) is 21.5 Å². The standard InChI is InChI=1S/C21H24N/c1-2-3-4-5-8-14-22-21-13-9-12-19-15-17-10-6-7-11-18(17)16-20(19)21/h6-7,9-13,15-16H,2-5,8,14H2,1H3. The number of nitrogens with zero attached hydrogens (tertiary/aromatic N) is 1. The molecule has 0 aliphatic heterocycles. The Hall–Kier alpha value is -2.02. The lowest BCUT2D eigenvalue weighted by molar-refractivity contribution is 0.618. The maximum absolute atomic E-state index is 4.84. The number of hydrogen-bond acceptors (Lipinski definition) is 0. The first kappa shape index (κ1) is 14.9. The Morgan fingerprint density at radius 3 is 2.27 bits per heavy atom. The van der Waals surface area contributed by atoms with Crippen LogP contribution in [0.4, 0.5) is 5.69 Å². The van der Waals surface area contributed by atoms with Gasteiger partial charge in [0.2, 0.25) is 0 Å². The largest absolute Gasteiger partial charge is 0.285 e. The van der Waals surface area contributed by atoms with E-state index in [-0.39, 0.29) is 0 Å². The predicted molar refractivity (Wildman–Crippen MR) is 96.9 cm³/mol. The van der Waals surface area contributed by atoms with Crippen molar-refractivity contribution >= 4 is 27.2 Å². The van der Waals surface area contributed by atoms with Crippen LogP contribution in [-0.4, -0.2) is 6.54 Å². The van der Waals surface area contributed by atoms with Crippen LogP contribution in [0.5, 0.6) is 0 Å². The second kappa shape index (κ2) is 7.31. The van der Waals surface area contributed by atoms with E-state index in [0.717, 1.165) is 12.2 Å². The van der Waals surface area contributed by atoms with Gasteiger partial charge in [0.05, 0.1) is 5.69 Å². The summed E-state index contributed by atoms with van der Waals surface area (Å²) < 4.78 is 0. The molecule has 0 amide bonds. The maximum Gasteiger partial charge on any atom is 0.0652 e. The highest BCUT2D eigenvalue weighted by molar-refractivity contribution is 6.02. The molecular weight excluding hydrogens is 266 g/mol. The highest BCUT2D eigenvalue weighted by Crippen LogP contribution is 2.28. The van der Waals surface area contributed by atoms with Gasteiger partial charge in [-0.1, -0.05) is 69.0 Å². The summed E-state index contributed by atoms with van der Waals surface area (Å²) in [6.45, 7) is 3.19. The Morgan fingerprint density at radius 1 is 0.727 bits per heavy atom. The molecule has 0 spiro atoms. The fourth-order valence-electron chi connectivity index (χ4n) is 3.00. The summed E-state index contributed by atoms with van der Waals surface area (Å²) in [6, 6.07) is 19.5. The molecule has 22 heavy (non-hydrogen) atoms. The van der Waals surface area contributed by atoms with E-state index >= 15 is 0 Å². The molecule has 0 aliphatic carbocycles. The molecule has 0 bridgehead atoms. The molecule has 1 nitrogen and oxygen atoms in total. The van der Waals surface area contributed by atoms with E-state index in [1.54, 1.807) is 0 Å². The topological polar surface area (TPSA) is 14.1 Å². The van der Waals surface area contributed by atoms with E-state index in [0.29, 0.717) is 0 Å². The van der Waals surface area contributed by atoms with E-state index in [1.807, 2.05) is 0 Å². The van der Waals surface area contributed by atoms with Crippen molar-refractivity contribution in [2.24, 2.45) is 0 Å². The maximum atomic E-state index is 4.84. The number of unbranched alkanes of at least 4 members (excludes halogenated alkanes) is 4. The van der Waals surface area contributed by atoms with Gasteiger partial charge in [-0.25, -0.2) is 0 Å². The van der Waals surface area contributed by atoms with Crippen LogP contribution in [0.2, 0.25) is 0 Å². The summed E-state index contributed by atoms with van der Waals surface area (Å²) >= 11 is 0. The third-order valence-electron chi connectivity index (χ3n) is 4.27. The number of rotatable bonds is 7. The molecular formula is C21H24N. The van der Waals surface area contributed by atoms with Gasteiger partial charge in [0.1, 0.15) is 0 Å². The first-order valence-electron chi connectivity index (χ1n) is 8.47. The minimum atomic E-state index is 0.940. The van der Waals surface area contributed by atoms with E-state index < -0.39 is 0 Å². The molecule has 1 radical (unpaired) electrons. The number of fused-ring (bicyclic) bond motifs is 2. The van der Waals surface area contributed by atoms with E-state index in [2.05, 4.69) is 61.5 Å². The zero-order valence-corrected chi connectivity index (χ0v) is 13.4. The van der Waals surface area contributed by atoms with Crippen molar-refractivity contribution in [3.63, 3.8) is 0 Å². The zero-order valence-electron chi connectivity index (χ0n) is 13.4. The van der Waals surface area contributed by atoms with Crippen LogP contribution in [-0.2, 0) is 0 Å². The van der Waals surface area contributed by atoms with Crippen molar-refractivity contribution < 1.29 is 0 Å². The van der Waals surface area contributed by atoms with E-state index in [4.69, 9.17) is 5.32 Å². The van der Waals surface area contributed by atoms with Crippen molar-refractivity contribution in [1.29, 1.82) is 0 Å². The lowest BCUT2D eigenvalue weighted by atomic mass is 10.0. The van der Waals surface area contributed by atoms with Gasteiger partial charge < -0.3 is 0 Å². The van der Waals surface area contributed by atoms with Crippen LogP contribution >= 0.6 is 0 Å². The van der Waals surface area contributed by atoms with Gasteiger partial charge in [0, 0.05) is 11.9 Å². The van der Waals surface area contributed by atoms with Crippen molar-refractivity contribution in [2.45, 2.75) is 39.0 Å². The van der Waals surface area contributed by atoms with Crippen molar-refractivity contribution in [1.82, 2.24) is 5.32 Å². The van der Waals surface area contributed by atoms with Gasteiger partial charge in [-0.05, 0) is 40.8 Å². The van der Waals surface area contributed by atoms with Gasteiger partial charge in [-0.15, -0.1) is 0 Å². The molecule has 3 aromatic carbocycles. The van der Waals surface area contributed by atoms with E-state index in [1.165, 1.54) is 53.6 Å². The summed E-state index contributed by atoms with van der Waals surface area (Å²) in [6.07, 6.45) is 6.48. The monoisotopic (exact) mass is 290 g/mol. The Balaban J connectivity index is 1.76. The summed E-state index contributed by atoms with van der Waals surface area (Å²) in [4.78, 5) is 0. The van der Waals surface area contributed by atoms with Crippen LogP contribution < -0.4 is 5.32 Å². The summed E-state index contributed by atoms with van der Waals surface area (Å²) in [5.41, 5.74) is 1.14. The van der Waals surface area contributed by atoms with Gasteiger partial charge in [-0.2, -0.15) is 0 Å². The van der Waals surface area contributed by atoms with Crippen molar-refractivity contribution in [3.05, 3.63) is 54.6 Å². The molecule has 0 aromatic heterocycles. The molecule has 1 heteroatoms. The van der Waals surface area contributed by atoms with Crippen LogP contribution in [0, 0.1) is 0 Å². The Morgan fingerprint density at radius 2 is 1.45 bits per heavy atom. The molecule has 3 rings (SSSR count). The fourth-order valence-corrected chi connectivity index (χ4v) is 3.00. The molecule has 0 heterocycles. The predicted octanol–water partition coefficient (Wildman–Crippen LogP) is 6.20. The summed E-state index contributed by atoms with van der Waals surface area (Å²) in [7, 11) is 0. The van der Waals surface area contributed by atoms with Crippen LogP contribution in [0.3, 0.4) is 0 Å². The SMILES string of the molecule is CCCCCCC[N]c1cccc2cc3ccccc3cc12. The third kappa shape index (κ3) is 3.41. The number of benzene rings is 3. The van der Waals surface area contributed by atoms with Crippen molar-refractivity contribution in [3.8, 4) is 0 Å². The second-order valence-electron chi connectivity index (χ2n) is 5.99. The second-order valence-corrected chi connectivity index (χ2v) is 5.99. The first-order chi connectivity index (χ1) is 10.9. The molecule has 0 unspecified atom stereocenters. The molecule has 0 fully saturated rings. The van der Waals surface area contributed by atoms with E-state index in [9.17, 15) is 0 Å². The minimum absolute atomic E-state index is 0.940. The van der Waals surface area contributed by atoms with Gasteiger partial charge in [-0.3, -0.25) is 5.32 Å². The van der Waals surface area contributed by atoms with Crippen LogP contribution in [0.1, 0.15) is 39.0 Å². The first-order valence-corrected chi connectivity index (χ1v) is 8.47. The zero-order chi connectivity index (χ0) is 15.2. The minimum Gasteiger partial charge on any atom is -0.285 e. The molecule has 113 valence electrons. The highest BCUT2D eigenvalue weighted by Gasteiger charge is 2.03. The van der Waals surface area contributed by atoms with Gasteiger partial charge in [0.15, 0.2) is 0 Å². The molecule has 0 aliphatic rings. The molecule has 0 atom stereocenters. The molecule has 0 N–H and O–H groups in total.